The molecule has 0 fully saturated rings. The van der Waals surface area contributed by atoms with E-state index in [1.807, 2.05) is 24.3 Å². The van der Waals surface area contributed by atoms with Gasteiger partial charge in [0, 0.05) is 11.6 Å². The first-order chi connectivity index (χ1) is 16.1. The molecule has 0 radical (unpaired) electrons. The topological polar surface area (TPSA) is 59.3 Å². The number of nitrogens with zero attached hydrogens (tertiary/aromatic N) is 1. The van der Waals surface area contributed by atoms with Crippen LogP contribution in [0.15, 0.2) is 42.5 Å². The largest absolute Gasteiger partial charge is 0.488 e. The number of benzene rings is 2. The van der Waals surface area contributed by atoms with E-state index in [0.717, 1.165) is 46.4 Å². The molecule has 34 heavy (non-hydrogen) atoms. The molecule has 0 aliphatic heterocycles. The maximum absolute atomic E-state index is 11.6. The second kappa shape index (κ2) is 12.4. The number of esters is 1. The zero-order valence-electron chi connectivity index (χ0n) is 21.8. The van der Waals surface area contributed by atoms with Gasteiger partial charge in [0.1, 0.15) is 12.4 Å². The molecule has 0 saturated carbocycles. The molecule has 0 aliphatic rings. The van der Waals surface area contributed by atoms with Crippen LogP contribution in [0, 0.1) is 37.0 Å². The van der Waals surface area contributed by atoms with Crippen LogP contribution in [-0.2, 0) is 21.6 Å². The van der Waals surface area contributed by atoms with Crippen LogP contribution in [0.1, 0.15) is 75.3 Å². The van der Waals surface area contributed by atoms with E-state index < -0.39 is 5.41 Å². The van der Waals surface area contributed by atoms with Crippen molar-refractivity contribution in [3.8, 4) is 11.8 Å². The number of hydrogen-bond donors (Lipinski definition) is 0. The van der Waals surface area contributed by atoms with Crippen molar-refractivity contribution in [2.75, 3.05) is 6.61 Å². The SMILES string of the molecule is CCOC(=O)/C=C/c1cccc(COc2c(C)cc(C)cc2C(C#N)(CC(C)C)CC(C)C)c1. The van der Waals surface area contributed by atoms with Gasteiger partial charge in [0.2, 0.25) is 0 Å². The second-order valence-corrected chi connectivity index (χ2v) is 9.97. The van der Waals surface area contributed by atoms with Gasteiger partial charge in [-0.2, -0.15) is 5.26 Å². The Morgan fingerprint density at radius 3 is 2.35 bits per heavy atom. The van der Waals surface area contributed by atoms with E-state index >= 15 is 0 Å². The van der Waals surface area contributed by atoms with Crippen molar-refractivity contribution in [3.63, 3.8) is 0 Å². The van der Waals surface area contributed by atoms with Crippen molar-refractivity contribution in [2.45, 2.75) is 73.3 Å². The molecule has 0 saturated heterocycles. The van der Waals surface area contributed by atoms with E-state index in [-0.39, 0.29) is 5.97 Å². The van der Waals surface area contributed by atoms with Gasteiger partial charge < -0.3 is 9.47 Å². The monoisotopic (exact) mass is 461 g/mol. The van der Waals surface area contributed by atoms with Crippen LogP contribution in [0.25, 0.3) is 6.08 Å². The summed E-state index contributed by atoms with van der Waals surface area (Å²) >= 11 is 0. The third-order valence-corrected chi connectivity index (χ3v) is 5.69. The molecule has 0 atom stereocenters. The molecule has 0 aliphatic carbocycles. The minimum Gasteiger partial charge on any atom is -0.488 e. The quantitative estimate of drug-likeness (QED) is 0.260. The lowest BCUT2D eigenvalue weighted by Crippen LogP contribution is -2.29. The predicted molar refractivity (Wildman–Crippen MR) is 139 cm³/mol. The molecule has 0 heterocycles. The van der Waals surface area contributed by atoms with E-state index in [4.69, 9.17) is 9.47 Å². The van der Waals surface area contributed by atoms with E-state index in [2.05, 4.69) is 59.7 Å². The van der Waals surface area contributed by atoms with E-state index in [1.54, 1.807) is 13.0 Å². The zero-order chi connectivity index (χ0) is 25.3. The van der Waals surface area contributed by atoms with Crippen LogP contribution in [0.3, 0.4) is 0 Å². The number of carbonyl (C=O) groups excluding carboxylic acids is 1. The highest BCUT2D eigenvalue weighted by molar-refractivity contribution is 5.87. The average molecular weight is 462 g/mol. The van der Waals surface area contributed by atoms with Gasteiger partial charge in [-0.3, -0.25) is 0 Å². The summed E-state index contributed by atoms with van der Waals surface area (Å²) in [5.41, 5.74) is 4.47. The summed E-state index contributed by atoms with van der Waals surface area (Å²) in [7, 11) is 0. The lowest BCUT2D eigenvalue weighted by molar-refractivity contribution is -0.137. The van der Waals surface area contributed by atoms with Gasteiger partial charge in [0.05, 0.1) is 18.1 Å². The Labute approximate surface area is 205 Å². The standard InChI is InChI=1S/C30H39NO3/c1-8-33-28(32)13-12-25-10-9-11-26(16-25)19-34-29-24(7)14-23(6)15-27(29)30(20-31,17-21(2)3)18-22(4)5/h9-16,21-22H,8,17-19H2,1-7H3/b13-12+. The molecular formula is C30H39NO3. The summed E-state index contributed by atoms with van der Waals surface area (Å²) in [6.45, 7) is 15.3. The predicted octanol–water partition coefficient (Wildman–Crippen LogP) is 7.31. The molecule has 0 aromatic heterocycles. The fraction of sp³-hybridized carbons (Fsp3) is 0.467. The first kappa shape index (κ1) is 27.2. The molecule has 2 aromatic rings. The second-order valence-electron chi connectivity index (χ2n) is 9.97. The third-order valence-electron chi connectivity index (χ3n) is 5.69. The first-order valence-electron chi connectivity index (χ1n) is 12.2. The minimum absolute atomic E-state index is 0.354. The van der Waals surface area contributed by atoms with Crippen molar-refractivity contribution < 1.29 is 14.3 Å². The van der Waals surface area contributed by atoms with E-state index in [9.17, 15) is 10.1 Å². The lowest BCUT2D eigenvalue weighted by atomic mass is 9.69. The molecule has 4 nitrogen and oxygen atoms in total. The number of nitriles is 1. The number of rotatable bonds is 11. The highest BCUT2D eigenvalue weighted by atomic mass is 16.5. The van der Waals surface area contributed by atoms with E-state index in [0.29, 0.717) is 25.0 Å². The van der Waals surface area contributed by atoms with Gasteiger partial charge in [0.25, 0.3) is 0 Å². The molecule has 0 spiro atoms. The molecule has 2 rings (SSSR count). The Hall–Kier alpha value is -3.06. The van der Waals surface area contributed by atoms with Crippen molar-refractivity contribution in [1.82, 2.24) is 0 Å². The number of carbonyl (C=O) groups is 1. The maximum Gasteiger partial charge on any atom is 0.330 e. The normalized spacial score (nSPS) is 11.8. The first-order valence-corrected chi connectivity index (χ1v) is 12.2. The summed E-state index contributed by atoms with van der Waals surface area (Å²) in [4.78, 5) is 11.6. The van der Waals surface area contributed by atoms with Crippen molar-refractivity contribution in [1.29, 1.82) is 5.26 Å². The molecule has 0 unspecified atom stereocenters. The molecule has 182 valence electrons. The minimum atomic E-state index is -0.599. The maximum atomic E-state index is 11.6. The summed E-state index contributed by atoms with van der Waals surface area (Å²) < 4.78 is 11.4. The van der Waals surface area contributed by atoms with Gasteiger partial charge in [-0.15, -0.1) is 0 Å². The van der Waals surface area contributed by atoms with Gasteiger partial charge in [-0.25, -0.2) is 4.79 Å². The van der Waals surface area contributed by atoms with Crippen LogP contribution >= 0.6 is 0 Å². The Morgan fingerprint density at radius 1 is 1.09 bits per heavy atom. The van der Waals surface area contributed by atoms with Crippen molar-refractivity contribution in [2.24, 2.45) is 11.8 Å². The average Bonchev–Trinajstić information content (AvgIpc) is 2.76. The van der Waals surface area contributed by atoms with Crippen LogP contribution in [0.2, 0.25) is 0 Å². The van der Waals surface area contributed by atoms with Crippen molar-refractivity contribution >= 4 is 12.0 Å². The Kier molecular flexibility index (Phi) is 9.93. The number of ether oxygens (including phenoxy) is 2. The molecule has 0 bridgehead atoms. The van der Waals surface area contributed by atoms with Gasteiger partial charge in [-0.05, 0) is 74.3 Å². The van der Waals surface area contributed by atoms with Crippen molar-refractivity contribution in [3.05, 3.63) is 70.3 Å². The summed E-state index contributed by atoms with van der Waals surface area (Å²) in [5.74, 6) is 1.22. The Balaban J connectivity index is 2.40. The molecule has 0 N–H and O–H groups in total. The van der Waals surface area contributed by atoms with Crippen LogP contribution in [-0.4, -0.2) is 12.6 Å². The summed E-state index contributed by atoms with van der Waals surface area (Å²) in [6, 6.07) is 14.8. The van der Waals surface area contributed by atoms with Gasteiger partial charge in [0.15, 0.2) is 0 Å². The lowest BCUT2D eigenvalue weighted by Gasteiger charge is -2.33. The highest BCUT2D eigenvalue weighted by Crippen LogP contribution is 2.43. The van der Waals surface area contributed by atoms with Gasteiger partial charge >= 0.3 is 5.97 Å². The molecule has 4 heteroatoms. The van der Waals surface area contributed by atoms with E-state index in [1.165, 1.54) is 6.08 Å². The molecular weight excluding hydrogens is 422 g/mol. The summed E-state index contributed by atoms with van der Waals surface area (Å²) in [6.07, 6.45) is 4.75. The fourth-order valence-corrected chi connectivity index (χ4v) is 4.65. The Morgan fingerprint density at radius 2 is 1.76 bits per heavy atom. The third kappa shape index (κ3) is 7.48. The fourth-order valence-electron chi connectivity index (χ4n) is 4.65. The Bertz CT molecular complexity index is 1030. The van der Waals surface area contributed by atoms with Crippen LogP contribution in [0.4, 0.5) is 0 Å². The molecule has 0 amide bonds. The van der Waals surface area contributed by atoms with Crippen LogP contribution < -0.4 is 4.74 Å². The highest BCUT2D eigenvalue weighted by Gasteiger charge is 2.37. The molecule has 2 aromatic carbocycles. The zero-order valence-corrected chi connectivity index (χ0v) is 21.8. The smallest absolute Gasteiger partial charge is 0.330 e. The number of hydrogen-bond acceptors (Lipinski definition) is 4. The summed E-state index contributed by atoms with van der Waals surface area (Å²) in [5, 5.41) is 10.4. The van der Waals surface area contributed by atoms with Gasteiger partial charge in [-0.1, -0.05) is 63.6 Å². The number of aryl methyl sites for hydroxylation is 2. The van der Waals surface area contributed by atoms with Crippen LogP contribution in [0.5, 0.6) is 5.75 Å².